The summed E-state index contributed by atoms with van der Waals surface area (Å²) in [6, 6.07) is 2.99. The SMILES string of the molecule is Cc1cc(N)cc(C(=O)N2CCC(C(C)C)C2)c1F. The number of hydrogen-bond donors (Lipinski definition) is 1. The highest BCUT2D eigenvalue weighted by atomic mass is 19.1. The van der Waals surface area contributed by atoms with Gasteiger partial charge in [0.25, 0.3) is 5.91 Å². The molecule has 0 aliphatic carbocycles. The number of anilines is 1. The maximum Gasteiger partial charge on any atom is 0.256 e. The number of carbonyl (C=O) groups is 1. The van der Waals surface area contributed by atoms with Gasteiger partial charge in [0.05, 0.1) is 5.56 Å². The van der Waals surface area contributed by atoms with Gasteiger partial charge in [0.15, 0.2) is 0 Å². The summed E-state index contributed by atoms with van der Waals surface area (Å²) in [4.78, 5) is 14.1. The molecule has 4 heteroatoms. The number of nitrogen functional groups attached to an aromatic ring is 1. The van der Waals surface area contributed by atoms with E-state index in [1.54, 1.807) is 17.9 Å². The first-order valence-electron chi connectivity index (χ1n) is 6.75. The number of amides is 1. The molecular weight excluding hydrogens is 243 g/mol. The molecule has 1 fully saturated rings. The Labute approximate surface area is 113 Å². The lowest BCUT2D eigenvalue weighted by molar-refractivity contribution is 0.0779. The largest absolute Gasteiger partial charge is 0.399 e. The number of nitrogens with zero attached hydrogens (tertiary/aromatic N) is 1. The highest BCUT2D eigenvalue weighted by Crippen LogP contribution is 2.26. The van der Waals surface area contributed by atoms with E-state index in [9.17, 15) is 9.18 Å². The Balaban J connectivity index is 2.22. The molecule has 1 aliphatic rings. The van der Waals surface area contributed by atoms with Gasteiger partial charge in [0.1, 0.15) is 5.82 Å². The summed E-state index contributed by atoms with van der Waals surface area (Å²) in [7, 11) is 0. The summed E-state index contributed by atoms with van der Waals surface area (Å²) in [6.07, 6.45) is 0.992. The van der Waals surface area contributed by atoms with Crippen LogP contribution in [0.15, 0.2) is 12.1 Å². The van der Waals surface area contributed by atoms with Gasteiger partial charge in [-0.3, -0.25) is 4.79 Å². The van der Waals surface area contributed by atoms with Crippen LogP contribution in [0.3, 0.4) is 0 Å². The molecule has 19 heavy (non-hydrogen) atoms. The van der Waals surface area contributed by atoms with Crippen LogP contribution in [0, 0.1) is 24.6 Å². The normalized spacial score (nSPS) is 19.2. The van der Waals surface area contributed by atoms with E-state index in [1.807, 2.05) is 0 Å². The molecule has 0 aromatic heterocycles. The second-order valence-electron chi connectivity index (χ2n) is 5.74. The first kappa shape index (κ1) is 13.8. The van der Waals surface area contributed by atoms with E-state index in [-0.39, 0.29) is 11.5 Å². The zero-order valence-corrected chi connectivity index (χ0v) is 11.7. The molecule has 1 aromatic carbocycles. The summed E-state index contributed by atoms with van der Waals surface area (Å²) >= 11 is 0. The summed E-state index contributed by atoms with van der Waals surface area (Å²) in [5, 5.41) is 0. The second-order valence-corrected chi connectivity index (χ2v) is 5.74. The molecule has 1 saturated heterocycles. The maximum atomic E-state index is 14.0. The summed E-state index contributed by atoms with van der Waals surface area (Å²) in [6.45, 7) is 7.36. The number of carbonyl (C=O) groups excluding carboxylic acids is 1. The van der Waals surface area contributed by atoms with Gasteiger partial charge in [-0.05, 0) is 42.9 Å². The molecule has 1 unspecified atom stereocenters. The van der Waals surface area contributed by atoms with Crippen LogP contribution in [0.1, 0.15) is 36.2 Å². The van der Waals surface area contributed by atoms with Crippen molar-refractivity contribution in [3.63, 3.8) is 0 Å². The lowest BCUT2D eigenvalue weighted by Crippen LogP contribution is -2.30. The van der Waals surface area contributed by atoms with E-state index in [0.29, 0.717) is 36.2 Å². The molecule has 104 valence electrons. The van der Waals surface area contributed by atoms with Crippen LogP contribution in [0.4, 0.5) is 10.1 Å². The number of likely N-dealkylation sites (tertiary alicyclic amines) is 1. The molecular formula is C15H21FN2O. The van der Waals surface area contributed by atoms with Crippen molar-refractivity contribution < 1.29 is 9.18 Å². The fraction of sp³-hybridized carbons (Fsp3) is 0.533. The van der Waals surface area contributed by atoms with Gasteiger partial charge < -0.3 is 10.6 Å². The maximum absolute atomic E-state index is 14.0. The molecule has 2 N–H and O–H groups in total. The van der Waals surface area contributed by atoms with Crippen LogP contribution in [0.25, 0.3) is 0 Å². The molecule has 1 heterocycles. The molecule has 0 spiro atoms. The van der Waals surface area contributed by atoms with Gasteiger partial charge >= 0.3 is 0 Å². The smallest absolute Gasteiger partial charge is 0.256 e. The third-order valence-electron chi connectivity index (χ3n) is 3.96. The molecule has 1 aromatic rings. The van der Waals surface area contributed by atoms with Crippen molar-refractivity contribution >= 4 is 11.6 Å². The van der Waals surface area contributed by atoms with Crippen LogP contribution in [0.2, 0.25) is 0 Å². The monoisotopic (exact) mass is 264 g/mol. The predicted octanol–water partition coefficient (Wildman–Crippen LogP) is 2.83. The third-order valence-corrected chi connectivity index (χ3v) is 3.96. The van der Waals surface area contributed by atoms with Crippen molar-refractivity contribution in [3.05, 3.63) is 29.1 Å². The van der Waals surface area contributed by atoms with Crippen LogP contribution >= 0.6 is 0 Å². The van der Waals surface area contributed by atoms with Crippen molar-refractivity contribution in [2.24, 2.45) is 11.8 Å². The second kappa shape index (κ2) is 5.19. The summed E-state index contributed by atoms with van der Waals surface area (Å²) < 4.78 is 14.0. The highest BCUT2D eigenvalue weighted by Gasteiger charge is 2.30. The van der Waals surface area contributed by atoms with Crippen molar-refractivity contribution in [3.8, 4) is 0 Å². The van der Waals surface area contributed by atoms with Gasteiger partial charge in [-0.15, -0.1) is 0 Å². The molecule has 0 radical (unpaired) electrons. The predicted molar refractivity (Wildman–Crippen MR) is 74.4 cm³/mol. The van der Waals surface area contributed by atoms with E-state index >= 15 is 0 Å². The van der Waals surface area contributed by atoms with Gasteiger partial charge in [-0.25, -0.2) is 4.39 Å². The molecule has 0 saturated carbocycles. The summed E-state index contributed by atoms with van der Waals surface area (Å²) in [5.74, 6) is 0.364. The highest BCUT2D eigenvalue weighted by molar-refractivity contribution is 5.95. The lowest BCUT2D eigenvalue weighted by Gasteiger charge is -2.19. The Morgan fingerprint density at radius 3 is 2.74 bits per heavy atom. The molecule has 2 rings (SSSR count). The average Bonchev–Trinajstić information content (AvgIpc) is 2.82. The first-order valence-corrected chi connectivity index (χ1v) is 6.75. The minimum absolute atomic E-state index is 0.0990. The van der Waals surface area contributed by atoms with Crippen molar-refractivity contribution in [2.45, 2.75) is 27.2 Å². The summed E-state index contributed by atoms with van der Waals surface area (Å²) in [5.41, 5.74) is 6.65. The fourth-order valence-electron chi connectivity index (χ4n) is 2.64. The van der Waals surface area contributed by atoms with E-state index in [0.717, 1.165) is 6.42 Å². The van der Waals surface area contributed by atoms with Crippen molar-refractivity contribution in [2.75, 3.05) is 18.8 Å². The van der Waals surface area contributed by atoms with Crippen molar-refractivity contribution in [1.29, 1.82) is 0 Å². The van der Waals surface area contributed by atoms with E-state index in [4.69, 9.17) is 5.73 Å². The van der Waals surface area contributed by atoms with E-state index in [1.165, 1.54) is 6.07 Å². The van der Waals surface area contributed by atoms with E-state index < -0.39 is 5.82 Å². The number of benzene rings is 1. The first-order chi connectivity index (χ1) is 8.90. The number of hydrogen-bond acceptors (Lipinski definition) is 2. The Morgan fingerprint density at radius 2 is 2.16 bits per heavy atom. The number of aryl methyl sites for hydroxylation is 1. The number of halogens is 1. The quantitative estimate of drug-likeness (QED) is 0.835. The van der Waals surface area contributed by atoms with Gasteiger partial charge in [-0.1, -0.05) is 13.8 Å². The third kappa shape index (κ3) is 2.72. The molecule has 1 amide bonds. The Kier molecular flexibility index (Phi) is 3.78. The van der Waals surface area contributed by atoms with Crippen molar-refractivity contribution in [1.82, 2.24) is 4.90 Å². The Hall–Kier alpha value is -1.58. The van der Waals surface area contributed by atoms with Crippen LogP contribution in [-0.2, 0) is 0 Å². The molecule has 1 atom stereocenters. The van der Waals surface area contributed by atoms with Gasteiger partial charge in [-0.2, -0.15) is 0 Å². The standard InChI is InChI=1S/C15H21FN2O/c1-9(2)11-4-5-18(8-11)15(19)13-7-12(17)6-10(3)14(13)16/h6-7,9,11H,4-5,8,17H2,1-3H3. The molecule has 1 aliphatic heterocycles. The minimum Gasteiger partial charge on any atom is -0.399 e. The zero-order chi connectivity index (χ0) is 14.2. The molecule has 0 bridgehead atoms. The lowest BCUT2D eigenvalue weighted by atomic mass is 9.95. The molecule has 3 nitrogen and oxygen atoms in total. The fourth-order valence-corrected chi connectivity index (χ4v) is 2.64. The topological polar surface area (TPSA) is 46.3 Å². The number of nitrogens with two attached hydrogens (primary N) is 1. The van der Waals surface area contributed by atoms with Crippen LogP contribution < -0.4 is 5.73 Å². The van der Waals surface area contributed by atoms with Gasteiger partial charge in [0.2, 0.25) is 0 Å². The van der Waals surface area contributed by atoms with Crippen LogP contribution in [0.5, 0.6) is 0 Å². The Morgan fingerprint density at radius 1 is 1.47 bits per heavy atom. The van der Waals surface area contributed by atoms with Gasteiger partial charge in [0, 0.05) is 18.8 Å². The Bertz CT molecular complexity index is 499. The van der Waals surface area contributed by atoms with Crippen LogP contribution in [-0.4, -0.2) is 23.9 Å². The zero-order valence-electron chi connectivity index (χ0n) is 11.7. The minimum atomic E-state index is -0.452. The number of rotatable bonds is 2. The van der Waals surface area contributed by atoms with E-state index in [2.05, 4.69) is 13.8 Å². The average molecular weight is 264 g/mol.